The average Bonchev–Trinajstić information content (AvgIpc) is 2.48. The summed E-state index contributed by atoms with van der Waals surface area (Å²) in [4.78, 5) is 16.0. The van der Waals surface area contributed by atoms with Crippen LogP contribution in [-0.4, -0.2) is 17.4 Å². The van der Waals surface area contributed by atoms with Gasteiger partial charge in [0.05, 0.1) is 17.4 Å². The molecule has 2 aromatic rings. The van der Waals surface area contributed by atoms with E-state index in [-0.39, 0.29) is 5.91 Å². The fraction of sp³-hybridized carbons (Fsp3) is 0.250. The number of carbonyl (C=O) groups is 1. The van der Waals surface area contributed by atoms with Crippen molar-refractivity contribution in [2.75, 3.05) is 11.9 Å². The Labute approximate surface area is 129 Å². The first-order chi connectivity index (χ1) is 10.1. The van der Waals surface area contributed by atoms with Crippen molar-refractivity contribution < 1.29 is 4.79 Å². The molecule has 0 unspecified atom stereocenters. The molecule has 0 aliphatic rings. The maximum absolute atomic E-state index is 11.9. The highest BCUT2D eigenvalue weighted by atomic mass is 35.5. The lowest BCUT2D eigenvalue weighted by atomic mass is 10.2. The second kappa shape index (κ2) is 7.09. The van der Waals surface area contributed by atoms with Crippen LogP contribution in [0.1, 0.15) is 29.3 Å². The Balaban J connectivity index is 2.15. The summed E-state index contributed by atoms with van der Waals surface area (Å²) in [7, 11) is 0. The largest absolute Gasteiger partial charge is 0.354 e. The van der Waals surface area contributed by atoms with E-state index in [2.05, 4.69) is 15.6 Å². The number of halogens is 1. The SMILES string of the molecule is CCCNC(=O)c1cncc(Nc2ccc(Cl)cc2C)c1. The Kier molecular flexibility index (Phi) is 5.17. The van der Waals surface area contributed by atoms with Crippen LogP contribution in [0.3, 0.4) is 0 Å². The summed E-state index contributed by atoms with van der Waals surface area (Å²) in [6.07, 6.45) is 4.15. The molecule has 110 valence electrons. The lowest BCUT2D eigenvalue weighted by Gasteiger charge is -2.11. The molecule has 0 atom stereocenters. The number of amides is 1. The predicted molar refractivity (Wildman–Crippen MR) is 86.3 cm³/mol. The van der Waals surface area contributed by atoms with E-state index in [0.29, 0.717) is 17.1 Å². The topological polar surface area (TPSA) is 54.0 Å². The van der Waals surface area contributed by atoms with Gasteiger partial charge in [0.25, 0.3) is 5.91 Å². The number of pyridine rings is 1. The number of benzene rings is 1. The molecule has 0 saturated carbocycles. The molecule has 0 aliphatic heterocycles. The van der Waals surface area contributed by atoms with Gasteiger partial charge in [-0.15, -0.1) is 0 Å². The second-order valence-electron chi connectivity index (χ2n) is 4.80. The number of nitrogens with one attached hydrogen (secondary N) is 2. The van der Waals surface area contributed by atoms with E-state index in [1.165, 1.54) is 0 Å². The summed E-state index contributed by atoms with van der Waals surface area (Å²) in [6.45, 7) is 4.64. The van der Waals surface area contributed by atoms with Crippen molar-refractivity contribution in [1.29, 1.82) is 0 Å². The van der Waals surface area contributed by atoms with Crippen LogP contribution < -0.4 is 10.6 Å². The minimum Gasteiger partial charge on any atom is -0.354 e. The average molecular weight is 304 g/mol. The van der Waals surface area contributed by atoms with Gasteiger partial charge in [0.15, 0.2) is 0 Å². The van der Waals surface area contributed by atoms with Gasteiger partial charge in [-0.25, -0.2) is 0 Å². The van der Waals surface area contributed by atoms with Crippen molar-refractivity contribution in [2.45, 2.75) is 20.3 Å². The Morgan fingerprint density at radius 3 is 2.81 bits per heavy atom. The van der Waals surface area contributed by atoms with Gasteiger partial charge in [-0.3, -0.25) is 9.78 Å². The molecule has 0 bridgehead atoms. The van der Waals surface area contributed by atoms with Gasteiger partial charge in [0.1, 0.15) is 0 Å². The number of nitrogens with zero attached hydrogens (tertiary/aromatic N) is 1. The highest BCUT2D eigenvalue weighted by Gasteiger charge is 2.07. The number of aromatic nitrogens is 1. The van der Waals surface area contributed by atoms with Crippen LogP contribution in [0.4, 0.5) is 11.4 Å². The zero-order valence-electron chi connectivity index (χ0n) is 12.1. The van der Waals surface area contributed by atoms with E-state index in [0.717, 1.165) is 23.4 Å². The second-order valence-corrected chi connectivity index (χ2v) is 5.24. The molecular weight excluding hydrogens is 286 g/mol. The Bertz CT molecular complexity index is 643. The Hall–Kier alpha value is -2.07. The van der Waals surface area contributed by atoms with Crippen molar-refractivity contribution in [2.24, 2.45) is 0 Å². The molecule has 2 rings (SSSR count). The molecule has 0 spiro atoms. The van der Waals surface area contributed by atoms with E-state index in [1.54, 1.807) is 18.5 Å². The number of anilines is 2. The molecule has 4 nitrogen and oxygen atoms in total. The summed E-state index contributed by atoms with van der Waals surface area (Å²) < 4.78 is 0. The van der Waals surface area contributed by atoms with Gasteiger partial charge in [0, 0.05) is 23.5 Å². The molecule has 21 heavy (non-hydrogen) atoms. The lowest BCUT2D eigenvalue weighted by molar-refractivity contribution is 0.0953. The van der Waals surface area contributed by atoms with E-state index >= 15 is 0 Å². The van der Waals surface area contributed by atoms with Crippen molar-refractivity contribution in [1.82, 2.24) is 10.3 Å². The maximum Gasteiger partial charge on any atom is 0.252 e. The molecule has 2 N–H and O–H groups in total. The van der Waals surface area contributed by atoms with Gasteiger partial charge in [-0.1, -0.05) is 18.5 Å². The summed E-state index contributed by atoms with van der Waals surface area (Å²) in [5.41, 5.74) is 3.28. The number of hydrogen-bond acceptors (Lipinski definition) is 3. The first-order valence-electron chi connectivity index (χ1n) is 6.86. The fourth-order valence-corrected chi connectivity index (χ4v) is 2.12. The van der Waals surface area contributed by atoms with E-state index in [4.69, 9.17) is 11.6 Å². The van der Waals surface area contributed by atoms with Crippen LogP contribution in [0.25, 0.3) is 0 Å². The lowest BCUT2D eigenvalue weighted by Crippen LogP contribution is -2.24. The third-order valence-electron chi connectivity index (χ3n) is 3.00. The smallest absolute Gasteiger partial charge is 0.252 e. The number of hydrogen-bond donors (Lipinski definition) is 2. The molecule has 0 saturated heterocycles. The number of aryl methyl sites for hydroxylation is 1. The van der Waals surface area contributed by atoms with Gasteiger partial charge in [-0.05, 0) is 43.2 Å². The van der Waals surface area contributed by atoms with Gasteiger partial charge < -0.3 is 10.6 Å². The van der Waals surface area contributed by atoms with E-state index < -0.39 is 0 Å². The molecule has 5 heteroatoms. The molecule has 0 fully saturated rings. The van der Waals surface area contributed by atoms with Crippen LogP contribution >= 0.6 is 11.6 Å². The number of rotatable bonds is 5. The van der Waals surface area contributed by atoms with Crippen molar-refractivity contribution >= 4 is 28.9 Å². The fourth-order valence-electron chi connectivity index (χ4n) is 1.90. The molecule has 1 aromatic carbocycles. The zero-order valence-corrected chi connectivity index (χ0v) is 12.9. The van der Waals surface area contributed by atoms with Gasteiger partial charge >= 0.3 is 0 Å². The van der Waals surface area contributed by atoms with Crippen molar-refractivity contribution in [3.05, 3.63) is 52.8 Å². The Morgan fingerprint density at radius 1 is 1.29 bits per heavy atom. The van der Waals surface area contributed by atoms with Crippen molar-refractivity contribution in [3.8, 4) is 0 Å². The zero-order chi connectivity index (χ0) is 15.2. The first kappa shape index (κ1) is 15.3. The first-order valence-corrected chi connectivity index (χ1v) is 7.24. The predicted octanol–water partition coefficient (Wildman–Crippen LogP) is 3.93. The minimum atomic E-state index is -0.110. The summed E-state index contributed by atoms with van der Waals surface area (Å²) >= 11 is 5.94. The molecule has 1 heterocycles. The highest BCUT2D eigenvalue weighted by Crippen LogP contribution is 2.23. The third-order valence-corrected chi connectivity index (χ3v) is 3.24. The Morgan fingerprint density at radius 2 is 2.10 bits per heavy atom. The van der Waals surface area contributed by atoms with Crippen LogP contribution in [-0.2, 0) is 0 Å². The van der Waals surface area contributed by atoms with Crippen LogP contribution in [0.2, 0.25) is 5.02 Å². The monoisotopic (exact) mass is 303 g/mol. The normalized spacial score (nSPS) is 10.2. The van der Waals surface area contributed by atoms with Crippen molar-refractivity contribution in [3.63, 3.8) is 0 Å². The minimum absolute atomic E-state index is 0.110. The summed E-state index contributed by atoms with van der Waals surface area (Å²) in [5.74, 6) is -0.110. The standard InChI is InChI=1S/C16H18ClN3O/c1-3-6-19-16(21)12-8-14(10-18-9-12)20-15-5-4-13(17)7-11(15)2/h4-5,7-10,20H,3,6H2,1-2H3,(H,19,21). The van der Waals surface area contributed by atoms with Crippen LogP contribution in [0, 0.1) is 6.92 Å². The van der Waals surface area contributed by atoms with Crippen LogP contribution in [0.15, 0.2) is 36.7 Å². The summed E-state index contributed by atoms with van der Waals surface area (Å²) in [6, 6.07) is 7.39. The van der Waals surface area contributed by atoms with Gasteiger partial charge in [-0.2, -0.15) is 0 Å². The summed E-state index contributed by atoms with van der Waals surface area (Å²) in [5, 5.41) is 6.78. The van der Waals surface area contributed by atoms with Crippen LogP contribution in [0.5, 0.6) is 0 Å². The molecule has 1 amide bonds. The molecule has 1 aromatic heterocycles. The maximum atomic E-state index is 11.9. The number of carbonyl (C=O) groups excluding carboxylic acids is 1. The molecule has 0 radical (unpaired) electrons. The van der Waals surface area contributed by atoms with E-state index in [1.807, 2.05) is 32.0 Å². The quantitative estimate of drug-likeness (QED) is 0.880. The molecular formula is C16H18ClN3O. The third kappa shape index (κ3) is 4.20. The highest BCUT2D eigenvalue weighted by molar-refractivity contribution is 6.30. The van der Waals surface area contributed by atoms with E-state index in [9.17, 15) is 4.79 Å². The van der Waals surface area contributed by atoms with Gasteiger partial charge in [0.2, 0.25) is 0 Å². The molecule has 0 aliphatic carbocycles.